The molecule has 2 saturated heterocycles. The summed E-state index contributed by atoms with van der Waals surface area (Å²) in [5.41, 5.74) is 0.669. The van der Waals surface area contributed by atoms with Crippen LogP contribution in [0.25, 0.3) is 0 Å². The number of halogens is 1. The van der Waals surface area contributed by atoms with Gasteiger partial charge >= 0.3 is 0 Å². The van der Waals surface area contributed by atoms with Crippen molar-refractivity contribution in [1.29, 1.82) is 0 Å². The normalized spacial score (nSPS) is 25.8. The molecular formula is C17H23ClN2O2. The number of amides is 1. The Labute approximate surface area is 136 Å². The molecule has 3 rings (SSSR count). The average Bonchev–Trinajstić information content (AvgIpc) is 3.17. The van der Waals surface area contributed by atoms with Crippen molar-refractivity contribution in [3.05, 3.63) is 34.9 Å². The number of carbonyl (C=O) groups is 1. The molecule has 120 valence electrons. The van der Waals surface area contributed by atoms with Crippen LogP contribution in [-0.2, 0) is 0 Å². The topological polar surface area (TPSA) is 43.8 Å². The summed E-state index contributed by atoms with van der Waals surface area (Å²) in [6, 6.07) is 7.03. The SMILES string of the molecule is O=C(c1ccc(Cl)cc1)N1C[C@@H](CN2CCCC2)[C@@H](CO)C1. The molecule has 4 nitrogen and oxygen atoms in total. The largest absolute Gasteiger partial charge is 0.396 e. The molecule has 1 amide bonds. The number of likely N-dealkylation sites (tertiary alicyclic amines) is 2. The zero-order valence-corrected chi connectivity index (χ0v) is 13.5. The Hall–Kier alpha value is -1.10. The number of hydrogen-bond donors (Lipinski definition) is 1. The first kappa shape index (κ1) is 15.8. The lowest BCUT2D eigenvalue weighted by atomic mass is 9.96. The van der Waals surface area contributed by atoms with Crippen molar-refractivity contribution in [2.24, 2.45) is 11.8 Å². The molecule has 5 heteroatoms. The molecule has 0 bridgehead atoms. The monoisotopic (exact) mass is 322 g/mol. The number of hydrogen-bond acceptors (Lipinski definition) is 3. The molecule has 0 spiro atoms. The van der Waals surface area contributed by atoms with E-state index in [1.165, 1.54) is 12.8 Å². The second-order valence-corrected chi connectivity index (χ2v) is 6.86. The number of aliphatic hydroxyl groups is 1. The summed E-state index contributed by atoms with van der Waals surface area (Å²) in [6.07, 6.45) is 2.54. The molecule has 1 aromatic carbocycles. The third-order valence-electron chi connectivity index (χ3n) is 4.88. The summed E-state index contributed by atoms with van der Waals surface area (Å²) in [6.45, 7) is 4.84. The standard InChI is InChI=1S/C17H23ClN2O2/c18-16-5-3-13(4-6-16)17(22)20-10-14(15(11-20)12-21)9-19-7-1-2-8-19/h3-6,14-15,21H,1-2,7-12H2/t14-,15-/m1/s1. The molecule has 0 unspecified atom stereocenters. The van der Waals surface area contributed by atoms with E-state index in [1.54, 1.807) is 24.3 Å². The molecule has 2 atom stereocenters. The van der Waals surface area contributed by atoms with Crippen molar-refractivity contribution in [3.63, 3.8) is 0 Å². The highest BCUT2D eigenvalue weighted by atomic mass is 35.5. The lowest BCUT2D eigenvalue weighted by Gasteiger charge is -2.22. The van der Waals surface area contributed by atoms with Gasteiger partial charge in [0.25, 0.3) is 5.91 Å². The lowest BCUT2D eigenvalue weighted by Crippen LogP contribution is -2.32. The summed E-state index contributed by atoms with van der Waals surface area (Å²) in [5.74, 6) is 0.607. The molecule has 0 radical (unpaired) electrons. The predicted octanol–water partition coefficient (Wildman–Crippen LogP) is 2.12. The van der Waals surface area contributed by atoms with E-state index in [0.29, 0.717) is 23.0 Å². The zero-order valence-electron chi connectivity index (χ0n) is 12.7. The minimum atomic E-state index is 0.0408. The van der Waals surface area contributed by atoms with E-state index in [0.717, 1.165) is 26.2 Å². The third-order valence-corrected chi connectivity index (χ3v) is 5.13. The van der Waals surface area contributed by atoms with Crippen molar-refractivity contribution in [2.45, 2.75) is 12.8 Å². The second kappa shape index (κ2) is 6.99. The van der Waals surface area contributed by atoms with Crippen LogP contribution >= 0.6 is 11.6 Å². The van der Waals surface area contributed by atoms with Crippen molar-refractivity contribution in [2.75, 3.05) is 39.3 Å². The molecule has 0 aliphatic carbocycles. The Balaban J connectivity index is 1.64. The minimum Gasteiger partial charge on any atom is -0.396 e. The Morgan fingerprint density at radius 2 is 1.77 bits per heavy atom. The van der Waals surface area contributed by atoms with Crippen LogP contribution in [0.5, 0.6) is 0 Å². The first-order valence-electron chi connectivity index (χ1n) is 8.05. The fourth-order valence-electron chi connectivity index (χ4n) is 3.59. The molecule has 0 saturated carbocycles. The molecule has 1 aromatic rings. The number of aliphatic hydroxyl groups excluding tert-OH is 1. The first-order valence-corrected chi connectivity index (χ1v) is 8.43. The van der Waals surface area contributed by atoms with Crippen molar-refractivity contribution in [3.8, 4) is 0 Å². The van der Waals surface area contributed by atoms with Gasteiger partial charge < -0.3 is 14.9 Å². The molecular weight excluding hydrogens is 300 g/mol. The summed E-state index contributed by atoms with van der Waals surface area (Å²) in [7, 11) is 0. The number of nitrogens with zero attached hydrogens (tertiary/aromatic N) is 2. The van der Waals surface area contributed by atoms with Gasteiger partial charge in [0.1, 0.15) is 0 Å². The Bertz CT molecular complexity index is 514. The van der Waals surface area contributed by atoms with Crippen LogP contribution in [0.15, 0.2) is 24.3 Å². The van der Waals surface area contributed by atoms with Gasteiger partial charge in [-0.3, -0.25) is 4.79 Å². The average molecular weight is 323 g/mol. The van der Waals surface area contributed by atoms with E-state index in [2.05, 4.69) is 4.90 Å². The van der Waals surface area contributed by atoms with E-state index in [9.17, 15) is 9.90 Å². The lowest BCUT2D eigenvalue weighted by molar-refractivity contribution is 0.0779. The molecule has 2 aliphatic heterocycles. The molecule has 22 heavy (non-hydrogen) atoms. The summed E-state index contributed by atoms with van der Waals surface area (Å²) in [4.78, 5) is 16.9. The highest BCUT2D eigenvalue weighted by molar-refractivity contribution is 6.30. The van der Waals surface area contributed by atoms with E-state index >= 15 is 0 Å². The van der Waals surface area contributed by atoms with Gasteiger partial charge in [0.05, 0.1) is 0 Å². The Morgan fingerprint density at radius 1 is 1.14 bits per heavy atom. The van der Waals surface area contributed by atoms with Crippen molar-refractivity contribution >= 4 is 17.5 Å². The molecule has 1 N–H and O–H groups in total. The highest BCUT2D eigenvalue weighted by Gasteiger charge is 2.36. The summed E-state index contributed by atoms with van der Waals surface area (Å²) >= 11 is 5.88. The second-order valence-electron chi connectivity index (χ2n) is 6.43. The quantitative estimate of drug-likeness (QED) is 0.923. The van der Waals surface area contributed by atoms with Gasteiger partial charge in [-0.25, -0.2) is 0 Å². The molecule has 2 fully saturated rings. The summed E-state index contributed by atoms with van der Waals surface area (Å²) < 4.78 is 0. The maximum absolute atomic E-state index is 12.6. The van der Waals surface area contributed by atoms with E-state index in [4.69, 9.17) is 11.6 Å². The van der Waals surface area contributed by atoms with Crippen LogP contribution in [0.3, 0.4) is 0 Å². The van der Waals surface area contributed by atoms with Gasteiger partial charge in [-0.2, -0.15) is 0 Å². The van der Waals surface area contributed by atoms with Crippen LogP contribution < -0.4 is 0 Å². The van der Waals surface area contributed by atoms with Gasteiger partial charge in [-0.15, -0.1) is 0 Å². The van der Waals surface area contributed by atoms with Crippen LogP contribution in [0.4, 0.5) is 0 Å². The molecule has 0 aromatic heterocycles. The smallest absolute Gasteiger partial charge is 0.253 e. The fraction of sp³-hybridized carbons (Fsp3) is 0.588. The Kier molecular flexibility index (Phi) is 5.01. The van der Waals surface area contributed by atoms with Crippen molar-refractivity contribution in [1.82, 2.24) is 9.80 Å². The van der Waals surface area contributed by atoms with Crippen LogP contribution in [0.1, 0.15) is 23.2 Å². The summed E-state index contributed by atoms with van der Waals surface area (Å²) in [5, 5.41) is 10.3. The minimum absolute atomic E-state index is 0.0408. The third kappa shape index (κ3) is 3.45. The maximum atomic E-state index is 12.6. The highest BCUT2D eigenvalue weighted by Crippen LogP contribution is 2.27. The predicted molar refractivity (Wildman–Crippen MR) is 87.1 cm³/mol. The van der Waals surface area contributed by atoms with Crippen molar-refractivity contribution < 1.29 is 9.90 Å². The Morgan fingerprint density at radius 3 is 2.41 bits per heavy atom. The van der Waals surface area contributed by atoms with E-state index in [-0.39, 0.29) is 18.4 Å². The number of carbonyl (C=O) groups excluding carboxylic acids is 1. The van der Waals surface area contributed by atoms with Gasteiger partial charge in [0.2, 0.25) is 0 Å². The number of rotatable bonds is 4. The van der Waals surface area contributed by atoms with Gasteiger partial charge in [0, 0.05) is 42.7 Å². The van der Waals surface area contributed by atoms with Gasteiger partial charge in [0.15, 0.2) is 0 Å². The van der Waals surface area contributed by atoms with Crippen LogP contribution in [-0.4, -0.2) is 60.1 Å². The fourth-order valence-corrected chi connectivity index (χ4v) is 3.72. The van der Waals surface area contributed by atoms with E-state index < -0.39 is 0 Å². The van der Waals surface area contributed by atoms with Crippen LogP contribution in [0, 0.1) is 11.8 Å². The maximum Gasteiger partial charge on any atom is 0.253 e. The number of benzene rings is 1. The zero-order chi connectivity index (χ0) is 15.5. The molecule has 2 aliphatic rings. The van der Waals surface area contributed by atoms with Gasteiger partial charge in [-0.05, 0) is 56.1 Å². The molecule has 2 heterocycles. The van der Waals surface area contributed by atoms with E-state index in [1.807, 2.05) is 4.90 Å². The first-order chi connectivity index (χ1) is 10.7. The van der Waals surface area contributed by atoms with Crippen LogP contribution in [0.2, 0.25) is 5.02 Å². The van der Waals surface area contributed by atoms with Gasteiger partial charge in [-0.1, -0.05) is 11.6 Å².